The van der Waals surface area contributed by atoms with E-state index < -0.39 is 0 Å². The van der Waals surface area contributed by atoms with Crippen LogP contribution in [0.2, 0.25) is 0 Å². The Morgan fingerprint density at radius 2 is 1.57 bits per heavy atom. The normalized spacial score (nSPS) is 14.3. The van der Waals surface area contributed by atoms with E-state index in [1.807, 2.05) is 35.7 Å². The first-order valence-electron chi connectivity index (χ1n) is 12.3. The lowest BCUT2D eigenvalue weighted by Gasteiger charge is -2.32. The Bertz CT molecular complexity index is 1150. The smallest absolute Gasteiger partial charge is 0.223 e. The molecule has 0 radical (unpaired) electrons. The van der Waals surface area contributed by atoms with Crippen molar-refractivity contribution in [1.29, 1.82) is 0 Å². The zero-order valence-electron chi connectivity index (χ0n) is 19.7. The topological polar surface area (TPSA) is 58.1 Å². The second kappa shape index (κ2) is 11.3. The Kier molecular flexibility index (Phi) is 7.49. The molecule has 0 atom stereocenters. The van der Waals surface area contributed by atoms with Gasteiger partial charge in [0.25, 0.3) is 0 Å². The maximum Gasteiger partial charge on any atom is 0.223 e. The van der Waals surface area contributed by atoms with Crippen molar-refractivity contribution in [2.75, 3.05) is 24.5 Å². The average Bonchev–Trinajstić information content (AvgIpc) is 3.47. The Labute approximate surface area is 210 Å². The molecule has 0 saturated carbocycles. The highest BCUT2D eigenvalue weighted by molar-refractivity contribution is 7.13. The van der Waals surface area contributed by atoms with Gasteiger partial charge in [0.1, 0.15) is 5.69 Å². The first-order chi connectivity index (χ1) is 17.3. The van der Waals surface area contributed by atoms with Gasteiger partial charge in [-0.3, -0.25) is 4.79 Å². The highest BCUT2D eigenvalue weighted by Crippen LogP contribution is 2.28. The summed E-state index contributed by atoms with van der Waals surface area (Å²) in [5, 5.41) is 14.1. The number of carbonyl (C=O) groups is 1. The quantitative estimate of drug-likeness (QED) is 0.347. The fourth-order valence-corrected chi connectivity index (χ4v) is 5.49. The van der Waals surface area contributed by atoms with E-state index in [0.717, 1.165) is 48.7 Å². The minimum atomic E-state index is 0.0523. The highest BCUT2D eigenvalue weighted by Gasteiger charge is 2.26. The number of thiophene rings is 1. The average molecular weight is 483 g/mol. The Morgan fingerprint density at radius 3 is 2.14 bits per heavy atom. The molecule has 1 aliphatic rings. The third-order valence-corrected chi connectivity index (χ3v) is 7.64. The zero-order valence-corrected chi connectivity index (χ0v) is 20.5. The molecule has 1 fully saturated rings. The van der Waals surface area contributed by atoms with Gasteiger partial charge in [-0.15, -0.1) is 21.5 Å². The van der Waals surface area contributed by atoms with E-state index in [1.54, 1.807) is 11.3 Å². The van der Waals surface area contributed by atoms with E-state index in [1.165, 1.54) is 11.1 Å². The van der Waals surface area contributed by atoms with Gasteiger partial charge in [-0.2, -0.15) is 0 Å². The van der Waals surface area contributed by atoms with Crippen molar-refractivity contribution in [3.8, 4) is 10.6 Å². The van der Waals surface area contributed by atoms with E-state index >= 15 is 0 Å². The lowest BCUT2D eigenvalue weighted by Crippen LogP contribution is -2.41. The van der Waals surface area contributed by atoms with Crippen LogP contribution in [0.25, 0.3) is 10.6 Å². The Balaban J connectivity index is 1.12. The molecule has 35 heavy (non-hydrogen) atoms. The number of rotatable bonds is 8. The van der Waals surface area contributed by atoms with Gasteiger partial charge in [0.15, 0.2) is 5.82 Å². The van der Waals surface area contributed by atoms with E-state index in [0.29, 0.717) is 6.54 Å². The van der Waals surface area contributed by atoms with Crippen LogP contribution in [0.15, 0.2) is 90.3 Å². The standard InChI is InChI=1S/C29H30N4OS/c34-29(30-18-15-25(22-8-3-1-4-9-22)23-10-5-2-6-11-23)24-16-19-33(20-17-24)28-14-13-26(31-32-28)27-12-7-21-35-27/h1-14,21,24-25H,15-20H2,(H,30,34). The first kappa shape index (κ1) is 23.2. The molecule has 0 bridgehead atoms. The molecule has 4 aromatic rings. The van der Waals surface area contributed by atoms with Crippen LogP contribution >= 0.6 is 11.3 Å². The van der Waals surface area contributed by atoms with Crippen LogP contribution in [0.1, 0.15) is 36.3 Å². The molecule has 0 spiro atoms. The summed E-state index contributed by atoms with van der Waals surface area (Å²) in [6.07, 6.45) is 2.55. The van der Waals surface area contributed by atoms with Crippen LogP contribution in [0.3, 0.4) is 0 Å². The molecule has 3 heterocycles. The number of amides is 1. The Morgan fingerprint density at radius 1 is 0.886 bits per heavy atom. The van der Waals surface area contributed by atoms with Crippen molar-refractivity contribution in [1.82, 2.24) is 15.5 Å². The molecule has 2 aromatic heterocycles. The molecule has 5 rings (SSSR count). The molecule has 178 valence electrons. The highest BCUT2D eigenvalue weighted by atomic mass is 32.1. The molecule has 0 aliphatic carbocycles. The molecule has 1 amide bonds. The number of carbonyl (C=O) groups excluding carboxylic acids is 1. The number of anilines is 1. The van der Waals surface area contributed by atoms with Crippen LogP contribution < -0.4 is 10.2 Å². The molecule has 0 unspecified atom stereocenters. The minimum Gasteiger partial charge on any atom is -0.356 e. The number of aromatic nitrogens is 2. The molecule has 1 N–H and O–H groups in total. The van der Waals surface area contributed by atoms with Gasteiger partial charge in [-0.1, -0.05) is 66.7 Å². The summed E-state index contributed by atoms with van der Waals surface area (Å²) >= 11 is 1.67. The third kappa shape index (κ3) is 5.77. The maximum atomic E-state index is 12.9. The molecule has 1 saturated heterocycles. The second-order valence-corrected chi connectivity index (χ2v) is 9.92. The lowest BCUT2D eigenvalue weighted by atomic mass is 9.88. The van der Waals surface area contributed by atoms with Crippen molar-refractivity contribution in [2.24, 2.45) is 5.92 Å². The minimum absolute atomic E-state index is 0.0523. The summed E-state index contributed by atoms with van der Waals surface area (Å²) in [7, 11) is 0. The van der Waals surface area contributed by atoms with E-state index in [9.17, 15) is 4.79 Å². The number of nitrogens with zero attached hydrogens (tertiary/aromatic N) is 3. The number of hydrogen-bond donors (Lipinski definition) is 1. The van der Waals surface area contributed by atoms with Crippen molar-refractivity contribution < 1.29 is 4.79 Å². The molecule has 1 aliphatic heterocycles. The largest absolute Gasteiger partial charge is 0.356 e. The van der Waals surface area contributed by atoms with Gasteiger partial charge in [-0.25, -0.2) is 0 Å². The summed E-state index contributed by atoms with van der Waals surface area (Å²) in [5.74, 6) is 1.38. The predicted octanol–water partition coefficient (Wildman–Crippen LogP) is 5.76. The third-order valence-electron chi connectivity index (χ3n) is 6.75. The van der Waals surface area contributed by atoms with Crippen LogP contribution in [-0.2, 0) is 4.79 Å². The fraction of sp³-hybridized carbons (Fsp3) is 0.276. The first-order valence-corrected chi connectivity index (χ1v) is 13.2. The maximum absolute atomic E-state index is 12.9. The number of piperidine rings is 1. The summed E-state index contributed by atoms with van der Waals surface area (Å²) < 4.78 is 0. The summed E-state index contributed by atoms with van der Waals surface area (Å²) in [6.45, 7) is 2.31. The predicted molar refractivity (Wildman–Crippen MR) is 143 cm³/mol. The van der Waals surface area contributed by atoms with Crippen molar-refractivity contribution in [3.63, 3.8) is 0 Å². The van der Waals surface area contributed by atoms with E-state index in [4.69, 9.17) is 0 Å². The fourth-order valence-electron chi connectivity index (χ4n) is 4.80. The molecule has 2 aromatic carbocycles. The van der Waals surface area contributed by atoms with Gasteiger partial charge < -0.3 is 10.2 Å². The van der Waals surface area contributed by atoms with Gasteiger partial charge in [0.2, 0.25) is 5.91 Å². The van der Waals surface area contributed by atoms with Gasteiger partial charge in [-0.05, 0) is 54.0 Å². The molecule has 6 heteroatoms. The number of hydrogen-bond acceptors (Lipinski definition) is 5. The van der Waals surface area contributed by atoms with Gasteiger partial charge >= 0.3 is 0 Å². The number of benzene rings is 2. The number of nitrogens with one attached hydrogen (secondary N) is 1. The second-order valence-electron chi connectivity index (χ2n) is 8.97. The van der Waals surface area contributed by atoms with Crippen LogP contribution in [0.5, 0.6) is 0 Å². The SMILES string of the molecule is O=C(NCCC(c1ccccc1)c1ccccc1)C1CCN(c2ccc(-c3cccs3)nn2)CC1. The van der Waals surface area contributed by atoms with Crippen molar-refractivity contribution in [3.05, 3.63) is 101 Å². The summed E-state index contributed by atoms with van der Waals surface area (Å²) in [4.78, 5) is 16.3. The van der Waals surface area contributed by atoms with Crippen LogP contribution in [0.4, 0.5) is 5.82 Å². The van der Waals surface area contributed by atoms with E-state index in [2.05, 4.69) is 75.0 Å². The van der Waals surface area contributed by atoms with Crippen molar-refractivity contribution in [2.45, 2.75) is 25.2 Å². The monoisotopic (exact) mass is 482 g/mol. The van der Waals surface area contributed by atoms with Crippen LogP contribution in [-0.4, -0.2) is 35.7 Å². The summed E-state index contributed by atoms with van der Waals surface area (Å²) in [5.41, 5.74) is 3.47. The molecular weight excluding hydrogens is 452 g/mol. The van der Waals surface area contributed by atoms with Crippen LogP contribution in [0, 0.1) is 5.92 Å². The van der Waals surface area contributed by atoms with Gasteiger partial charge in [0.05, 0.1) is 4.88 Å². The lowest BCUT2D eigenvalue weighted by molar-refractivity contribution is -0.125. The molecule has 5 nitrogen and oxygen atoms in total. The Hall–Kier alpha value is -3.51. The zero-order chi connectivity index (χ0) is 23.9. The van der Waals surface area contributed by atoms with E-state index in [-0.39, 0.29) is 17.7 Å². The summed E-state index contributed by atoms with van der Waals surface area (Å²) in [6, 6.07) is 29.2. The molecular formula is C29H30N4OS. The van der Waals surface area contributed by atoms with Gasteiger partial charge in [0, 0.05) is 31.5 Å². The van der Waals surface area contributed by atoms with Crippen molar-refractivity contribution >= 4 is 23.1 Å².